The van der Waals surface area contributed by atoms with Gasteiger partial charge in [-0.2, -0.15) is 10.4 Å². The van der Waals surface area contributed by atoms with E-state index in [1.54, 1.807) is 19.5 Å². The minimum absolute atomic E-state index is 0.200. The first-order valence-corrected chi connectivity index (χ1v) is 12.0. The van der Waals surface area contributed by atoms with Crippen molar-refractivity contribution >= 4 is 33.2 Å². The Bertz CT molecular complexity index is 1390. The monoisotopic (exact) mass is 487 g/mol. The van der Waals surface area contributed by atoms with Crippen molar-refractivity contribution in [2.45, 2.75) is 0 Å². The average Bonchev–Trinajstić information content (AvgIpc) is 3.38. The first-order valence-electron chi connectivity index (χ1n) is 12.0. The Labute approximate surface area is 209 Å². The number of aliphatic hydroxyl groups is 1. The maximum Gasteiger partial charge on any atom is 0.163 e. The Hall–Kier alpha value is -3.91. The molecule has 10 heteroatoms. The van der Waals surface area contributed by atoms with Crippen LogP contribution in [0.5, 0.6) is 11.5 Å². The van der Waals surface area contributed by atoms with Crippen LogP contribution in [-0.2, 0) is 0 Å². The molecule has 0 unspecified atom stereocenters. The zero-order valence-electron chi connectivity index (χ0n) is 20.2. The van der Waals surface area contributed by atoms with Crippen LogP contribution in [0.2, 0.25) is 0 Å². The largest absolute Gasteiger partial charge is 0.493 e. The summed E-state index contributed by atoms with van der Waals surface area (Å²) in [7, 11) is 1.61. The van der Waals surface area contributed by atoms with Gasteiger partial charge in [-0.25, -0.2) is 0 Å². The summed E-state index contributed by atoms with van der Waals surface area (Å²) >= 11 is 0. The van der Waals surface area contributed by atoms with E-state index < -0.39 is 0 Å². The van der Waals surface area contributed by atoms with Crippen molar-refractivity contribution < 1.29 is 14.6 Å². The van der Waals surface area contributed by atoms with Crippen molar-refractivity contribution in [2.24, 2.45) is 0 Å². The Kier molecular flexibility index (Phi) is 7.13. The topological polar surface area (TPSA) is 123 Å². The molecule has 0 saturated carbocycles. The van der Waals surface area contributed by atoms with E-state index in [0.29, 0.717) is 34.9 Å². The van der Waals surface area contributed by atoms with Crippen LogP contribution in [0.3, 0.4) is 0 Å². The number of hydrogen-bond donors (Lipinski definition) is 3. The number of nitrogens with zero attached hydrogens (tertiary/aromatic N) is 5. The van der Waals surface area contributed by atoms with Gasteiger partial charge in [0.15, 0.2) is 11.5 Å². The smallest absolute Gasteiger partial charge is 0.163 e. The number of β-amino-alcohol motifs (C(OH)–C–C–N with tert-alkyl or cyclic N) is 1. The molecule has 1 saturated heterocycles. The molecule has 3 heterocycles. The third kappa shape index (κ3) is 5.04. The van der Waals surface area contributed by atoms with Crippen LogP contribution in [0.1, 0.15) is 5.56 Å². The number of hydrogen-bond acceptors (Lipinski definition) is 9. The fraction of sp³-hybridized carbons (Fsp3) is 0.346. The predicted octanol–water partition coefficient (Wildman–Crippen LogP) is 2.72. The standard InChI is InChI=1S/C26H29N7O3/c1-35-24-13-21-23(14-25(24)36-11-9-33-6-4-32(5-7-33)8-10-34)28-16-19(15-27)26(21)30-20-3-2-18-17-29-31-22(18)12-20/h2-3,12-14,16-17,34H,4-11H2,1H3,(H,28,30)(H,29,31). The van der Waals surface area contributed by atoms with Gasteiger partial charge in [0, 0.05) is 68.0 Å². The summed E-state index contributed by atoms with van der Waals surface area (Å²) in [6.45, 7) is 6.07. The fourth-order valence-corrected chi connectivity index (χ4v) is 4.51. The highest BCUT2D eigenvalue weighted by atomic mass is 16.5. The maximum absolute atomic E-state index is 9.74. The molecule has 36 heavy (non-hydrogen) atoms. The van der Waals surface area contributed by atoms with Gasteiger partial charge in [0.05, 0.1) is 42.2 Å². The van der Waals surface area contributed by atoms with Crippen LogP contribution in [0.25, 0.3) is 21.8 Å². The maximum atomic E-state index is 9.74. The van der Waals surface area contributed by atoms with Crippen LogP contribution < -0.4 is 14.8 Å². The SMILES string of the molecule is COc1cc2c(Nc3ccc4cn[nH]c4c3)c(C#N)cnc2cc1OCCN1CCN(CCO)CC1. The van der Waals surface area contributed by atoms with Crippen LogP contribution in [-0.4, -0.2) is 89.7 Å². The van der Waals surface area contributed by atoms with Gasteiger partial charge < -0.3 is 19.9 Å². The number of H-pyrrole nitrogens is 1. The van der Waals surface area contributed by atoms with Gasteiger partial charge in [-0.15, -0.1) is 0 Å². The lowest BCUT2D eigenvalue weighted by atomic mass is 10.1. The van der Waals surface area contributed by atoms with E-state index >= 15 is 0 Å². The fourth-order valence-electron chi connectivity index (χ4n) is 4.51. The summed E-state index contributed by atoms with van der Waals surface area (Å²) < 4.78 is 11.8. The lowest BCUT2D eigenvalue weighted by molar-refractivity contribution is 0.101. The molecule has 186 valence electrons. The van der Waals surface area contributed by atoms with Crippen molar-refractivity contribution in [3.63, 3.8) is 0 Å². The number of ether oxygens (including phenoxy) is 2. The highest BCUT2D eigenvalue weighted by Crippen LogP contribution is 2.37. The summed E-state index contributed by atoms with van der Waals surface area (Å²) in [6.07, 6.45) is 3.34. The predicted molar refractivity (Wildman–Crippen MR) is 138 cm³/mol. The molecule has 1 aliphatic rings. The number of benzene rings is 2. The van der Waals surface area contributed by atoms with Gasteiger partial charge in [0.2, 0.25) is 0 Å². The summed E-state index contributed by atoms with van der Waals surface area (Å²) in [5.41, 5.74) is 3.52. The number of nitriles is 1. The lowest BCUT2D eigenvalue weighted by Crippen LogP contribution is -2.48. The minimum atomic E-state index is 0.200. The Morgan fingerprint density at radius 2 is 1.89 bits per heavy atom. The molecule has 3 N–H and O–H groups in total. The number of aliphatic hydroxyl groups excluding tert-OH is 1. The molecule has 0 aliphatic carbocycles. The van der Waals surface area contributed by atoms with Crippen molar-refractivity contribution in [1.82, 2.24) is 25.0 Å². The molecule has 1 aliphatic heterocycles. The summed E-state index contributed by atoms with van der Waals surface area (Å²) in [6, 6.07) is 11.8. The van der Waals surface area contributed by atoms with Gasteiger partial charge >= 0.3 is 0 Å². The third-order valence-corrected chi connectivity index (χ3v) is 6.53. The molecule has 1 fully saturated rings. The number of pyridine rings is 1. The second-order valence-electron chi connectivity index (χ2n) is 8.73. The second-order valence-corrected chi connectivity index (χ2v) is 8.73. The van der Waals surface area contributed by atoms with Crippen LogP contribution in [0.4, 0.5) is 11.4 Å². The van der Waals surface area contributed by atoms with Gasteiger partial charge in [-0.1, -0.05) is 0 Å². The molecule has 0 amide bonds. The normalized spacial score (nSPS) is 14.7. The van der Waals surface area contributed by atoms with Gasteiger partial charge in [-0.3, -0.25) is 19.9 Å². The molecule has 0 radical (unpaired) electrons. The number of anilines is 2. The summed E-state index contributed by atoms with van der Waals surface area (Å²) in [5, 5.41) is 31.1. The van der Waals surface area contributed by atoms with Gasteiger partial charge in [0.25, 0.3) is 0 Å². The average molecular weight is 488 g/mol. The molecule has 10 nitrogen and oxygen atoms in total. The molecular weight excluding hydrogens is 458 g/mol. The molecular formula is C26H29N7O3. The molecule has 5 rings (SSSR count). The number of nitrogens with one attached hydrogen (secondary N) is 2. The van der Waals surface area contributed by atoms with Crippen LogP contribution >= 0.6 is 0 Å². The van der Waals surface area contributed by atoms with E-state index in [-0.39, 0.29) is 6.61 Å². The van der Waals surface area contributed by atoms with Crippen molar-refractivity contribution in [3.05, 3.63) is 48.3 Å². The van der Waals surface area contributed by atoms with Crippen molar-refractivity contribution in [1.29, 1.82) is 5.26 Å². The molecule has 0 atom stereocenters. The van der Waals surface area contributed by atoms with E-state index in [0.717, 1.165) is 61.2 Å². The third-order valence-electron chi connectivity index (χ3n) is 6.53. The minimum Gasteiger partial charge on any atom is -0.493 e. The molecule has 2 aromatic carbocycles. The zero-order chi connectivity index (χ0) is 24.9. The zero-order valence-corrected chi connectivity index (χ0v) is 20.2. The number of aromatic amines is 1. The van der Waals surface area contributed by atoms with E-state index in [9.17, 15) is 5.26 Å². The Morgan fingerprint density at radius 1 is 1.08 bits per heavy atom. The molecule has 0 spiro atoms. The van der Waals surface area contributed by atoms with Crippen molar-refractivity contribution in [3.8, 4) is 17.6 Å². The number of methoxy groups -OCH3 is 1. The van der Waals surface area contributed by atoms with E-state index in [1.807, 2.05) is 30.3 Å². The first-order chi connectivity index (χ1) is 17.7. The molecule has 2 aromatic heterocycles. The van der Waals surface area contributed by atoms with E-state index in [2.05, 4.69) is 36.4 Å². The highest BCUT2D eigenvalue weighted by Gasteiger charge is 2.18. The summed E-state index contributed by atoms with van der Waals surface area (Å²) in [5.74, 6) is 1.20. The first kappa shape index (κ1) is 23.8. The van der Waals surface area contributed by atoms with Gasteiger partial charge in [-0.05, 0) is 24.3 Å². The number of fused-ring (bicyclic) bond motifs is 2. The van der Waals surface area contributed by atoms with Crippen LogP contribution in [0.15, 0.2) is 42.7 Å². The van der Waals surface area contributed by atoms with Crippen molar-refractivity contribution in [2.75, 3.05) is 64.9 Å². The summed E-state index contributed by atoms with van der Waals surface area (Å²) in [4.78, 5) is 9.13. The Morgan fingerprint density at radius 3 is 2.64 bits per heavy atom. The van der Waals surface area contributed by atoms with E-state index in [4.69, 9.17) is 14.6 Å². The quantitative estimate of drug-likeness (QED) is 0.327. The van der Waals surface area contributed by atoms with Gasteiger partial charge in [0.1, 0.15) is 12.7 Å². The number of rotatable bonds is 9. The van der Waals surface area contributed by atoms with Crippen LogP contribution in [0, 0.1) is 11.3 Å². The molecule has 0 bridgehead atoms. The molecule has 4 aromatic rings. The lowest BCUT2D eigenvalue weighted by Gasteiger charge is -2.34. The Balaban J connectivity index is 1.35. The number of piperazine rings is 1. The highest BCUT2D eigenvalue weighted by molar-refractivity contribution is 5.98. The van der Waals surface area contributed by atoms with E-state index in [1.165, 1.54) is 0 Å². The number of aromatic nitrogens is 3. The second kappa shape index (κ2) is 10.8.